The van der Waals surface area contributed by atoms with Crippen molar-refractivity contribution in [2.75, 3.05) is 39.6 Å². The average Bonchev–Trinajstić information content (AvgIpc) is 0.908. The smallest absolute Gasteiger partial charge is 0.462 e. The van der Waals surface area contributed by atoms with Gasteiger partial charge >= 0.3 is 39.5 Å². The molecule has 5 unspecified atom stereocenters. The van der Waals surface area contributed by atoms with Gasteiger partial charge in [0.05, 0.1) is 26.4 Å². The Balaban J connectivity index is 5.40. The number of phosphoric acid groups is 2. The van der Waals surface area contributed by atoms with E-state index in [9.17, 15) is 43.2 Å². The number of phosphoric ester groups is 2. The number of esters is 4. The zero-order chi connectivity index (χ0) is 74.6. The Morgan fingerprint density at radius 2 is 0.510 bits per heavy atom. The maximum absolute atomic E-state index is 13.1. The molecule has 0 bridgehead atoms. The van der Waals surface area contributed by atoms with Crippen LogP contribution in [-0.2, 0) is 65.4 Å². The number of ether oxygens (including phenoxy) is 4. The van der Waals surface area contributed by atoms with Gasteiger partial charge in [0.2, 0.25) is 0 Å². The van der Waals surface area contributed by atoms with E-state index in [-0.39, 0.29) is 25.7 Å². The molecule has 102 heavy (non-hydrogen) atoms. The van der Waals surface area contributed by atoms with Crippen molar-refractivity contribution in [1.29, 1.82) is 0 Å². The molecule has 3 N–H and O–H groups in total. The molecule has 0 amide bonds. The Hall–Kier alpha value is -4.54. The number of rotatable bonds is 74. The molecule has 586 valence electrons. The summed E-state index contributed by atoms with van der Waals surface area (Å²) in [5, 5.41) is 10.6. The molecule has 0 spiro atoms. The lowest BCUT2D eigenvalue weighted by molar-refractivity contribution is -0.161. The van der Waals surface area contributed by atoms with Gasteiger partial charge < -0.3 is 33.8 Å². The monoisotopic (exact) mass is 1470 g/mol. The summed E-state index contributed by atoms with van der Waals surface area (Å²) in [6.07, 6.45) is 81.8. The number of hydrogen-bond donors (Lipinski definition) is 3. The van der Waals surface area contributed by atoms with E-state index in [1.807, 2.05) is 0 Å². The van der Waals surface area contributed by atoms with Crippen LogP contribution in [0, 0.1) is 0 Å². The molecule has 0 aromatic carbocycles. The van der Waals surface area contributed by atoms with Crippen molar-refractivity contribution in [3.63, 3.8) is 0 Å². The highest BCUT2D eigenvalue weighted by Crippen LogP contribution is 2.45. The van der Waals surface area contributed by atoms with E-state index in [1.165, 1.54) is 89.9 Å². The Bertz CT molecular complexity index is 2410. The van der Waals surface area contributed by atoms with Gasteiger partial charge in [-0.3, -0.25) is 37.3 Å². The summed E-state index contributed by atoms with van der Waals surface area (Å²) in [6, 6.07) is 0. The first-order valence-electron chi connectivity index (χ1n) is 39.8. The van der Waals surface area contributed by atoms with E-state index in [0.29, 0.717) is 25.7 Å². The molecule has 0 aliphatic carbocycles. The second-order valence-electron chi connectivity index (χ2n) is 26.2. The first kappa shape index (κ1) is 97.5. The molecule has 17 nitrogen and oxygen atoms in total. The van der Waals surface area contributed by atoms with Gasteiger partial charge in [-0.1, -0.05) is 284 Å². The normalized spacial score (nSPS) is 14.5. The van der Waals surface area contributed by atoms with Crippen LogP contribution < -0.4 is 0 Å². The van der Waals surface area contributed by atoms with E-state index in [2.05, 4.69) is 149 Å². The molecule has 0 aliphatic rings. The molecular formula is C83H142O17P2. The molecule has 0 radical (unpaired) electrons. The lowest BCUT2D eigenvalue weighted by atomic mass is 10.0. The number of hydrogen-bond acceptors (Lipinski definition) is 15. The molecule has 0 aliphatic heterocycles. The first-order chi connectivity index (χ1) is 49.7. The number of unbranched alkanes of at least 4 members (excludes halogenated alkanes) is 28. The van der Waals surface area contributed by atoms with E-state index >= 15 is 0 Å². The fraction of sp³-hybridized carbons (Fsp3) is 0.711. The summed E-state index contributed by atoms with van der Waals surface area (Å²) in [5.74, 6) is -2.26. The highest BCUT2D eigenvalue weighted by Gasteiger charge is 2.30. The molecule has 0 aromatic heterocycles. The zero-order valence-corrected chi connectivity index (χ0v) is 65.8. The maximum atomic E-state index is 13.1. The van der Waals surface area contributed by atoms with Crippen molar-refractivity contribution in [3.8, 4) is 0 Å². The van der Waals surface area contributed by atoms with Crippen LogP contribution in [0.3, 0.4) is 0 Å². The molecule has 5 atom stereocenters. The second-order valence-corrected chi connectivity index (χ2v) is 29.2. The molecule has 0 aromatic rings. The predicted molar refractivity (Wildman–Crippen MR) is 418 cm³/mol. The van der Waals surface area contributed by atoms with E-state index < -0.39 is 97.5 Å². The Morgan fingerprint density at radius 1 is 0.284 bits per heavy atom. The minimum atomic E-state index is -4.99. The molecule has 0 heterocycles. The summed E-state index contributed by atoms with van der Waals surface area (Å²) in [4.78, 5) is 73.0. The van der Waals surface area contributed by atoms with E-state index in [4.69, 9.17) is 37.0 Å². The third kappa shape index (κ3) is 73.8. The quantitative estimate of drug-likeness (QED) is 0.0169. The van der Waals surface area contributed by atoms with Crippen LogP contribution in [0.4, 0.5) is 0 Å². The largest absolute Gasteiger partial charge is 0.472 e. The van der Waals surface area contributed by atoms with Gasteiger partial charge in [-0.2, -0.15) is 0 Å². The van der Waals surface area contributed by atoms with Crippen LogP contribution in [-0.4, -0.2) is 96.7 Å². The van der Waals surface area contributed by atoms with E-state index in [0.717, 1.165) is 154 Å². The minimum absolute atomic E-state index is 0.0743. The summed E-state index contributed by atoms with van der Waals surface area (Å²) < 4.78 is 68.5. The topological polar surface area (TPSA) is 237 Å². The van der Waals surface area contributed by atoms with Crippen molar-refractivity contribution < 1.29 is 80.2 Å². The van der Waals surface area contributed by atoms with Gasteiger partial charge in [0.25, 0.3) is 0 Å². The number of carbonyl (C=O) groups excluding carboxylic acids is 4. The van der Waals surface area contributed by atoms with Crippen molar-refractivity contribution >= 4 is 39.5 Å². The zero-order valence-electron chi connectivity index (χ0n) is 64.0. The Kier molecular flexibility index (Phi) is 71.4. The fourth-order valence-corrected chi connectivity index (χ4v) is 12.0. The molecule has 0 rings (SSSR count). The molecule has 0 fully saturated rings. The van der Waals surface area contributed by atoms with Gasteiger partial charge in [0.1, 0.15) is 19.3 Å². The third-order valence-corrected chi connectivity index (χ3v) is 18.3. The lowest BCUT2D eigenvalue weighted by Crippen LogP contribution is -2.30. The Labute approximate surface area is 619 Å². The maximum Gasteiger partial charge on any atom is 0.472 e. The van der Waals surface area contributed by atoms with Crippen LogP contribution in [0.5, 0.6) is 0 Å². The van der Waals surface area contributed by atoms with Crippen LogP contribution in [0.1, 0.15) is 323 Å². The number of carbonyl (C=O) groups is 4. The number of aliphatic hydroxyl groups is 1. The molecule has 0 saturated heterocycles. The van der Waals surface area contributed by atoms with Gasteiger partial charge in [-0.05, 0) is 135 Å². The fourth-order valence-electron chi connectivity index (χ4n) is 10.4. The molecular weight excluding hydrogens is 1330 g/mol. The van der Waals surface area contributed by atoms with Crippen LogP contribution in [0.2, 0.25) is 0 Å². The predicted octanol–water partition coefficient (Wildman–Crippen LogP) is 23.1. The standard InChI is InChI=1S/C83H142O17P2/c1-5-9-13-17-21-25-29-33-36-37-38-39-42-45-48-52-56-60-64-68-81(86)94-73-78(99-82(87)69-65-61-57-53-49-43-32-28-24-20-16-12-8-4)75-97-101(89,90)95-71-77(84)72-96-102(91,92)98-76-79(100-83(88)70-66-62-58-54-50-46-41-35-31-27-23-19-15-11-7-3)74-93-80(85)67-63-59-55-51-47-44-40-34-30-26-22-18-14-10-6-2/h9-10,13-14,21-22,25-26,33-36,38-41,45,47-48,51,77-79,84H,5-8,11-12,15-20,23-24,27-32,37,42-44,46,49-50,52-76H2,1-4H3,(H,89,90)(H,91,92)/b13-9-,14-10-,25-21-,26-22-,36-33-,39-38-,40-34-,41-35-,48-45-,51-47-. The molecule has 0 saturated carbocycles. The van der Waals surface area contributed by atoms with Gasteiger partial charge in [-0.15, -0.1) is 0 Å². The van der Waals surface area contributed by atoms with Crippen molar-refractivity contribution in [3.05, 3.63) is 122 Å². The van der Waals surface area contributed by atoms with Gasteiger partial charge in [0, 0.05) is 25.7 Å². The summed E-state index contributed by atoms with van der Waals surface area (Å²) in [5.41, 5.74) is 0. The minimum Gasteiger partial charge on any atom is -0.462 e. The summed E-state index contributed by atoms with van der Waals surface area (Å²) in [7, 11) is -9.98. The van der Waals surface area contributed by atoms with E-state index in [1.54, 1.807) is 0 Å². The average molecular weight is 1470 g/mol. The highest BCUT2D eigenvalue weighted by atomic mass is 31.2. The van der Waals surface area contributed by atoms with Crippen LogP contribution >= 0.6 is 15.6 Å². The van der Waals surface area contributed by atoms with Gasteiger partial charge in [0.15, 0.2) is 12.2 Å². The highest BCUT2D eigenvalue weighted by molar-refractivity contribution is 7.47. The Morgan fingerprint density at radius 3 is 0.824 bits per heavy atom. The van der Waals surface area contributed by atoms with Crippen molar-refractivity contribution in [1.82, 2.24) is 0 Å². The SMILES string of the molecule is CC/C=C\C/C=C\C/C=C\C/C=C\C/C=C\CCCCCC(=O)OCC(COP(=O)(O)OCC(O)COP(=O)(O)OCC(COC(=O)CCCC/C=C\C/C=C\C/C=C\C/C=C\CC)OC(=O)CCCCCCC/C=C\CCCCCCCC)OC(=O)CCCCCCCCCCCCCCC. The third-order valence-electron chi connectivity index (χ3n) is 16.4. The second kappa shape index (κ2) is 74.7. The first-order valence-corrected chi connectivity index (χ1v) is 42.8. The summed E-state index contributed by atoms with van der Waals surface area (Å²) >= 11 is 0. The lowest BCUT2D eigenvalue weighted by Gasteiger charge is -2.21. The summed E-state index contributed by atoms with van der Waals surface area (Å²) in [6.45, 7) is 4.57. The van der Waals surface area contributed by atoms with Gasteiger partial charge in [-0.25, -0.2) is 9.13 Å². The van der Waals surface area contributed by atoms with Crippen molar-refractivity contribution in [2.24, 2.45) is 0 Å². The van der Waals surface area contributed by atoms with Crippen LogP contribution in [0.15, 0.2) is 122 Å². The van der Waals surface area contributed by atoms with Crippen molar-refractivity contribution in [2.45, 2.75) is 341 Å². The van der Waals surface area contributed by atoms with Crippen LogP contribution in [0.25, 0.3) is 0 Å². The number of allylic oxidation sites excluding steroid dienone is 20. The molecule has 19 heteroatoms. The number of aliphatic hydroxyl groups excluding tert-OH is 1.